The Morgan fingerprint density at radius 1 is 0.907 bits per heavy atom. The number of carbonyl (C=O) groups excluding carboxylic acids is 5. The van der Waals surface area contributed by atoms with Crippen molar-refractivity contribution < 1.29 is 50.3 Å². The molecule has 5 aliphatic rings. The molecule has 3 aromatic heterocycles. The summed E-state index contributed by atoms with van der Waals surface area (Å²) in [6.45, 7) is 4.12. The number of hydrogen-bond donors (Lipinski definition) is 3. The molecule has 390 valence electrons. The summed E-state index contributed by atoms with van der Waals surface area (Å²) in [4.78, 5) is 75.1. The second-order valence-corrected chi connectivity index (χ2v) is 21.6. The fraction of sp³-hybridized carbons (Fsp3) is 0.385. The summed E-state index contributed by atoms with van der Waals surface area (Å²) in [7, 11) is -3.34. The molecule has 19 nitrogen and oxygen atoms in total. The molecule has 75 heavy (non-hydrogen) atoms. The van der Waals surface area contributed by atoms with Crippen LogP contribution in [0.3, 0.4) is 0 Å². The van der Waals surface area contributed by atoms with E-state index in [0.717, 1.165) is 29.7 Å². The van der Waals surface area contributed by atoms with Gasteiger partial charge in [0.15, 0.2) is 0 Å². The number of likely N-dealkylation sites (tertiary alicyclic amines) is 1. The lowest BCUT2D eigenvalue weighted by Crippen LogP contribution is -2.54. The molecular weight excluding hydrogens is 996 g/mol. The van der Waals surface area contributed by atoms with E-state index in [4.69, 9.17) is 20.7 Å². The molecule has 0 radical (unpaired) electrons. The number of amides is 5. The highest BCUT2D eigenvalue weighted by atomic mass is 32.2. The van der Waals surface area contributed by atoms with Gasteiger partial charge in [-0.3, -0.25) is 48.3 Å². The molecule has 3 saturated heterocycles. The number of pyridine rings is 1. The van der Waals surface area contributed by atoms with Crippen molar-refractivity contribution in [2.45, 2.75) is 75.8 Å². The predicted octanol–water partition coefficient (Wildman–Crippen LogP) is 6.44. The number of piperidine rings is 3. The average molecular weight is 1050 g/mol. The van der Waals surface area contributed by atoms with Gasteiger partial charge in [-0.05, 0) is 99.2 Å². The standard InChI is InChI=1S/C52H52F3N11O8S/c1-27(28-6-9-32(53)10-7-28)74-41-22-30(8-11-38(41)61-75(72,73)52(54)55)45-44-46(62(2)60-45)37(25-57-47(44)56)31-24-58-65(26-31)33-16-20-64(21-17-33)49(69)36-23-35(36)29-14-18-63(19-15-29)39-5-3-4-34-43(39)51(71)66(50(34)70)40-12-13-42(67)59-48(40)68/h3-11,22,24-27,29,33,35-36,40,52,61H,12-21,23H2,1-2H3,(H2,56,57)(H,59,67,68)/t27-,35+,36+,40?/m0/s1. The summed E-state index contributed by atoms with van der Waals surface area (Å²) >= 11 is 0. The number of nitrogens with zero attached hydrogens (tertiary/aromatic N) is 8. The van der Waals surface area contributed by atoms with Crippen LogP contribution < -0.4 is 25.4 Å². The molecule has 1 aliphatic carbocycles. The zero-order valence-corrected chi connectivity index (χ0v) is 41.6. The number of nitrogens with one attached hydrogen (secondary N) is 2. The Bertz CT molecular complexity index is 3430. The van der Waals surface area contributed by atoms with Crippen molar-refractivity contribution in [2.75, 3.05) is 41.5 Å². The second-order valence-electron chi connectivity index (χ2n) is 19.9. The fourth-order valence-corrected chi connectivity index (χ4v) is 12.0. The highest BCUT2D eigenvalue weighted by molar-refractivity contribution is 7.93. The van der Waals surface area contributed by atoms with Crippen LogP contribution in [0.25, 0.3) is 33.3 Å². The average Bonchev–Trinajstić information content (AvgIpc) is 3.82. The molecule has 23 heteroatoms. The Balaban J connectivity index is 0.732. The number of ether oxygens (including phenoxy) is 1. The zero-order valence-electron chi connectivity index (χ0n) is 40.8. The molecule has 1 saturated carbocycles. The molecule has 4 N–H and O–H groups in total. The number of aryl methyl sites for hydroxylation is 1. The number of anilines is 3. The van der Waals surface area contributed by atoms with Crippen molar-refractivity contribution >= 4 is 67.7 Å². The van der Waals surface area contributed by atoms with Crippen LogP contribution in [-0.4, -0.2) is 110 Å². The van der Waals surface area contributed by atoms with Gasteiger partial charge in [-0.15, -0.1) is 0 Å². The van der Waals surface area contributed by atoms with E-state index in [-0.39, 0.29) is 65.0 Å². The molecule has 4 atom stereocenters. The Labute approximate surface area is 428 Å². The molecule has 0 bridgehead atoms. The van der Waals surface area contributed by atoms with Crippen LogP contribution in [-0.2, 0) is 31.5 Å². The van der Waals surface area contributed by atoms with Crippen molar-refractivity contribution in [3.8, 4) is 28.1 Å². The SMILES string of the molecule is C[C@H](Oc1cc(-c2nn(C)c3c(-c4cnn(C5CCN(C(=O)[C@@H]6C[C@@H]6C6CCN(c7cccc8c7C(=O)N(C7CCC(=O)NC7=O)C8=O)CC6)CC5)c4)cnc(N)c23)ccc1NS(=O)(=O)C(F)F)c1ccc(F)cc1. The van der Waals surface area contributed by atoms with Crippen LogP contribution in [0.2, 0.25) is 0 Å². The van der Waals surface area contributed by atoms with Gasteiger partial charge in [-0.25, -0.2) is 17.8 Å². The number of carbonyl (C=O) groups is 5. The number of rotatable bonds is 13. The third-order valence-electron chi connectivity index (χ3n) is 15.4. The van der Waals surface area contributed by atoms with E-state index in [1.54, 1.807) is 43.2 Å². The third-order valence-corrected chi connectivity index (χ3v) is 16.4. The number of hydrogen-bond acceptors (Lipinski definition) is 13. The smallest absolute Gasteiger partial charge is 0.355 e. The Kier molecular flexibility index (Phi) is 12.6. The molecular formula is C52H52F3N11O8S. The molecule has 7 heterocycles. The molecule has 1 unspecified atom stereocenters. The summed E-state index contributed by atoms with van der Waals surface area (Å²) in [5.74, 6) is -5.49. The number of fused-ring (bicyclic) bond motifs is 2. The Hall–Kier alpha value is -7.82. The molecule has 6 aromatic rings. The van der Waals surface area contributed by atoms with Gasteiger partial charge in [0.2, 0.25) is 17.7 Å². The minimum Gasteiger partial charge on any atom is -0.484 e. The maximum absolute atomic E-state index is 13.9. The maximum atomic E-state index is 13.9. The number of halogens is 3. The highest BCUT2D eigenvalue weighted by Gasteiger charge is 2.51. The first kappa shape index (κ1) is 49.4. The fourth-order valence-electron chi connectivity index (χ4n) is 11.4. The van der Waals surface area contributed by atoms with E-state index in [0.29, 0.717) is 83.9 Å². The molecule has 3 aromatic carbocycles. The van der Waals surface area contributed by atoms with E-state index in [1.165, 1.54) is 42.5 Å². The van der Waals surface area contributed by atoms with Crippen molar-refractivity contribution in [1.29, 1.82) is 0 Å². The number of nitrogens with two attached hydrogens (primary N) is 1. The van der Waals surface area contributed by atoms with Gasteiger partial charge in [-0.2, -0.15) is 19.0 Å². The number of aromatic nitrogens is 5. The van der Waals surface area contributed by atoms with Crippen LogP contribution >= 0.6 is 0 Å². The van der Waals surface area contributed by atoms with Gasteiger partial charge in [-0.1, -0.05) is 24.3 Å². The van der Waals surface area contributed by atoms with E-state index in [1.807, 2.05) is 26.6 Å². The minimum atomic E-state index is -5.08. The number of nitrogen functional groups attached to an aromatic ring is 1. The maximum Gasteiger partial charge on any atom is 0.355 e. The normalized spacial score (nSPS) is 21.0. The third kappa shape index (κ3) is 9.09. The summed E-state index contributed by atoms with van der Waals surface area (Å²) in [5, 5.41) is 12.3. The van der Waals surface area contributed by atoms with Crippen LogP contribution in [0.4, 0.5) is 30.4 Å². The lowest BCUT2D eigenvalue weighted by Gasteiger charge is -2.35. The van der Waals surface area contributed by atoms with Crippen LogP contribution in [0.15, 0.2) is 79.3 Å². The number of benzene rings is 3. The molecule has 11 rings (SSSR count). The van der Waals surface area contributed by atoms with E-state index in [2.05, 4.69) is 15.2 Å². The van der Waals surface area contributed by atoms with Gasteiger partial charge in [0.1, 0.15) is 35.2 Å². The van der Waals surface area contributed by atoms with Gasteiger partial charge >= 0.3 is 5.76 Å². The van der Waals surface area contributed by atoms with Crippen molar-refractivity contribution in [2.24, 2.45) is 24.8 Å². The van der Waals surface area contributed by atoms with E-state index in [9.17, 15) is 45.6 Å². The van der Waals surface area contributed by atoms with E-state index < -0.39 is 57.4 Å². The highest BCUT2D eigenvalue weighted by Crippen LogP contribution is 2.50. The molecule has 5 amide bonds. The van der Waals surface area contributed by atoms with E-state index >= 15 is 0 Å². The Morgan fingerprint density at radius 3 is 2.37 bits per heavy atom. The summed E-state index contributed by atoms with van der Waals surface area (Å²) < 4.78 is 76.9. The van der Waals surface area contributed by atoms with Crippen LogP contribution in [0.1, 0.15) is 90.3 Å². The lowest BCUT2D eigenvalue weighted by molar-refractivity contribution is -0.136. The summed E-state index contributed by atoms with van der Waals surface area (Å²) in [5.41, 5.74) is 10.9. The Morgan fingerprint density at radius 2 is 1.65 bits per heavy atom. The number of imide groups is 2. The molecule has 4 aliphatic heterocycles. The molecule has 0 spiro atoms. The van der Waals surface area contributed by atoms with Crippen molar-refractivity contribution in [3.63, 3.8) is 0 Å². The first-order chi connectivity index (χ1) is 35.9. The minimum absolute atomic E-state index is 0.0240. The van der Waals surface area contributed by atoms with Gasteiger partial charge in [0.05, 0.1) is 45.6 Å². The van der Waals surface area contributed by atoms with Gasteiger partial charge in [0, 0.05) is 74.6 Å². The topological polar surface area (TPSA) is 237 Å². The number of alkyl halides is 2. The first-order valence-electron chi connectivity index (χ1n) is 24.9. The molecule has 4 fully saturated rings. The summed E-state index contributed by atoms with van der Waals surface area (Å²) in [6, 6.07) is 13.9. The van der Waals surface area contributed by atoms with Crippen LogP contribution in [0, 0.1) is 23.6 Å². The van der Waals surface area contributed by atoms with Crippen LogP contribution in [0.5, 0.6) is 5.75 Å². The monoisotopic (exact) mass is 1050 g/mol. The quantitative estimate of drug-likeness (QED) is 0.106. The second kappa shape index (κ2) is 19.1. The van der Waals surface area contributed by atoms with Gasteiger partial charge in [0.25, 0.3) is 21.8 Å². The van der Waals surface area contributed by atoms with Crippen molar-refractivity contribution in [1.82, 2.24) is 39.7 Å². The summed E-state index contributed by atoms with van der Waals surface area (Å²) in [6.07, 6.45) is 8.58. The zero-order chi connectivity index (χ0) is 52.6. The predicted molar refractivity (Wildman–Crippen MR) is 268 cm³/mol. The first-order valence-corrected chi connectivity index (χ1v) is 26.4. The lowest BCUT2D eigenvalue weighted by atomic mass is 9.90. The van der Waals surface area contributed by atoms with Crippen molar-refractivity contribution in [3.05, 3.63) is 102 Å². The van der Waals surface area contributed by atoms with Gasteiger partial charge < -0.3 is 20.3 Å². The number of sulfonamides is 1. The largest absolute Gasteiger partial charge is 0.484 e.